The fourth-order valence-corrected chi connectivity index (χ4v) is 11.8. The van der Waals surface area contributed by atoms with E-state index >= 15 is 0 Å². The molecule has 1 aromatic carbocycles. The van der Waals surface area contributed by atoms with Gasteiger partial charge >= 0.3 is 0 Å². The number of carbonyl (C=O) groups excluding carboxylic acids is 3. The maximum absolute atomic E-state index is 14.9. The molecule has 10 heteroatoms. The van der Waals surface area contributed by atoms with E-state index in [-0.39, 0.29) is 52.9 Å². The average Bonchev–Trinajstić information content (AvgIpc) is 3.63. The first-order chi connectivity index (χ1) is 21.6. The van der Waals surface area contributed by atoms with Crippen molar-refractivity contribution in [2.45, 2.75) is 92.2 Å². The molecule has 246 valence electrons. The molecule has 1 N–H and O–H groups in total. The van der Waals surface area contributed by atoms with Crippen LogP contribution in [-0.2, 0) is 14.4 Å². The minimum atomic E-state index is -0.789. The number of amides is 3. The summed E-state index contributed by atoms with van der Waals surface area (Å²) in [5, 5.41) is 10.5. The number of nitrogens with zero attached hydrogens (tertiary/aromatic N) is 3. The molecule has 0 radical (unpaired) electrons. The van der Waals surface area contributed by atoms with Crippen LogP contribution in [0, 0.1) is 17.8 Å². The largest absolute Gasteiger partial charge is 0.494 e. The van der Waals surface area contributed by atoms with E-state index in [1.807, 2.05) is 49.9 Å². The molecule has 3 unspecified atom stereocenters. The molecule has 1 saturated carbocycles. The second-order valence-electron chi connectivity index (χ2n) is 13.1. The van der Waals surface area contributed by atoms with Crippen molar-refractivity contribution in [3.63, 3.8) is 0 Å². The molecule has 1 spiro atoms. The number of rotatable bonds is 13. The summed E-state index contributed by atoms with van der Waals surface area (Å²) in [6.45, 7) is 14.7. The van der Waals surface area contributed by atoms with Crippen molar-refractivity contribution < 1.29 is 24.2 Å². The van der Waals surface area contributed by atoms with Gasteiger partial charge in [0.15, 0.2) is 0 Å². The number of aliphatic hydroxyl groups is 1. The zero-order valence-corrected chi connectivity index (χ0v) is 29.2. The van der Waals surface area contributed by atoms with Crippen LogP contribution in [0.15, 0.2) is 49.6 Å². The van der Waals surface area contributed by atoms with Gasteiger partial charge in [-0.15, -0.1) is 24.9 Å². The van der Waals surface area contributed by atoms with Crippen molar-refractivity contribution in [2.75, 3.05) is 31.2 Å². The summed E-state index contributed by atoms with van der Waals surface area (Å²) >= 11 is 5.54. The Hall–Kier alpha value is -2.30. The van der Waals surface area contributed by atoms with Crippen LogP contribution in [0.25, 0.3) is 0 Å². The van der Waals surface area contributed by atoms with E-state index in [2.05, 4.69) is 29.1 Å². The molecule has 3 saturated heterocycles. The number of benzene rings is 1. The number of hydrogen-bond donors (Lipinski definition) is 1. The predicted octanol–water partition coefficient (Wildman–Crippen LogP) is 5.43. The number of hydrogen-bond acceptors (Lipinski definition) is 6. The van der Waals surface area contributed by atoms with Crippen molar-refractivity contribution in [3.8, 4) is 5.75 Å². The molecule has 0 aromatic heterocycles. The van der Waals surface area contributed by atoms with Gasteiger partial charge in [-0.25, -0.2) is 0 Å². The van der Waals surface area contributed by atoms with Gasteiger partial charge in [-0.3, -0.25) is 14.4 Å². The second kappa shape index (κ2) is 14.2. The summed E-state index contributed by atoms with van der Waals surface area (Å²) in [6, 6.07) is 6.19. The van der Waals surface area contributed by atoms with E-state index in [9.17, 15) is 19.5 Å². The molecule has 4 aliphatic rings. The molecule has 45 heavy (non-hydrogen) atoms. The Kier molecular flexibility index (Phi) is 10.8. The number of ether oxygens (including phenoxy) is 1. The molecule has 3 aliphatic heterocycles. The summed E-state index contributed by atoms with van der Waals surface area (Å²) < 4.78 is 4.83. The Bertz CT molecular complexity index is 1270. The van der Waals surface area contributed by atoms with E-state index in [1.165, 1.54) is 0 Å². The Morgan fingerprint density at radius 3 is 2.38 bits per heavy atom. The molecular weight excluding hydrogens is 654 g/mol. The van der Waals surface area contributed by atoms with Crippen molar-refractivity contribution in [2.24, 2.45) is 17.8 Å². The summed E-state index contributed by atoms with van der Waals surface area (Å²) in [4.78, 5) is 49.7. The number of halogens is 1. The van der Waals surface area contributed by atoms with Gasteiger partial charge in [-0.05, 0) is 56.4 Å². The van der Waals surface area contributed by atoms with Gasteiger partial charge in [0.2, 0.25) is 17.7 Å². The number of fused-ring (bicyclic) bond motifs is 1. The lowest BCUT2D eigenvalue weighted by Crippen LogP contribution is -2.60. The van der Waals surface area contributed by atoms with Crippen LogP contribution >= 0.6 is 27.7 Å². The van der Waals surface area contributed by atoms with Crippen molar-refractivity contribution in [3.05, 3.63) is 49.6 Å². The maximum atomic E-state index is 14.9. The van der Waals surface area contributed by atoms with Crippen LogP contribution < -0.4 is 9.64 Å². The third-order valence-corrected chi connectivity index (χ3v) is 13.4. The fraction of sp³-hybridized carbons (Fsp3) is 0.629. The zero-order valence-electron chi connectivity index (χ0n) is 26.8. The van der Waals surface area contributed by atoms with Crippen molar-refractivity contribution in [1.29, 1.82) is 0 Å². The van der Waals surface area contributed by atoms with E-state index in [4.69, 9.17) is 4.74 Å². The molecule has 4 fully saturated rings. The van der Waals surface area contributed by atoms with Gasteiger partial charge in [0.1, 0.15) is 11.8 Å². The molecule has 5 rings (SSSR count). The SMILES string of the molecule is C=CCN(C(=O)[C@H]1[C@@H]2SC3(CC2Br)C(C(=O)N(CC=C)C2CCCCC2)N([C@@H](CO)C(C)C)C(=O)[C@H]13)c1ccc(OCC)cc1. The number of anilines is 1. The normalized spacial score (nSPS) is 29.9. The number of thioether (sulfide) groups is 1. The lowest BCUT2D eigenvalue weighted by atomic mass is 9.70. The third kappa shape index (κ3) is 6.00. The van der Waals surface area contributed by atoms with E-state index in [0.717, 1.165) is 37.9 Å². The Morgan fingerprint density at radius 1 is 1.13 bits per heavy atom. The predicted molar refractivity (Wildman–Crippen MR) is 184 cm³/mol. The van der Waals surface area contributed by atoms with Gasteiger partial charge < -0.3 is 24.5 Å². The number of likely N-dealkylation sites (tertiary alicyclic amines) is 1. The highest BCUT2D eigenvalue weighted by Crippen LogP contribution is 2.68. The van der Waals surface area contributed by atoms with Crippen LogP contribution in [-0.4, -0.2) is 91.9 Å². The molecular formula is C35H48BrN3O5S. The Morgan fingerprint density at radius 2 is 1.80 bits per heavy atom. The summed E-state index contributed by atoms with van der Waals surface area (Å²) in [6.07, 6.45) is 9.23. The summed E-state index contributed by atoms with van der Waals surface area (Å²) in [5.41, 5.74) is 0.705. The fourth-order valence-electron chi connectivity index (χ4n) is 8.23. The highest BCUT2D eigenvalue weighted by atomic mass is 79.9. The van der Waals surface area contributed by atoms with E-state index in [1.54, 1.807) is 33.7 Å². The Labute approximate surface area is 280 Å². The lowest BCUT2D eigenvalue weighted by molar-refractivity contribution is -0.148. The molecule has 1 aromatic rings. The standard InChI is InChI=1S/C35H48BrN3O5S/c1-6-18-37(24-14-16-25(17-15-24)44-8-3)32(41)28-29-33(42)39(27(21-40)22(4)5)31(35(29)20-26(36)30(28)45-35)34(43)38(19-7-2)23-12-10-9-11-13-23/h6-7,14-17,22-23,26-31,40H,1-2,8-13,18-21H2,3-5H3/t26?,27-,28+,29-,30+,31?,35?/m0/s1. The Balaban J connectivity index is 1.57. The first-order valence-electron chi connectivity index (χ1n) is 16.5. The number of carbonyl (C=O) groups is 3. The van der Waals surface area contributed by atoms with Crippen LogP contribution in [0.4, 0.5) is 5.69 Å². The lowest BCUT2D eigenvalue weighted by Gasteiger charge is -2.43. The second-order valence-corrected chi connectivity index (χ2v) is 15.9. The van der Waals surface area contributed by atoms with Crippen molar-refractivity contribution >= 4 is 51.1 Å². The first-order valence-corrected chi connectivity index (χ1v) is 18.3. The van der Waals surface area contributed by atoms with Crippen LogP contribution in [0.5, 0.6) is 5.75 Å². The third-order valence-electron chi connectivity index (χ3n) is 10.2. The maximum Gasteiger partial charge on any atom is 0.247 e. The molecule has 2 bridgehead atoms. The highest BCUT2D eigenvalue weighted by Gasteiger charge is 2.76. The summed E-state index contributed by atoms with van der Waals surface area (Å²) in [5.74, 6) is -1.09. The van der Waals surface area contributed by atoms with Gasteiger partial charge in [0.05, 0.1) is 35.8 Å². The van der Waals surface area contributed by atoms with Crippen LogP contribution in [0.1, 0.15) is 59.3 Å². The highest BCUT2D eigenvalue weighted by molar-refractivity contribution is 9.09. The molecule has 8 nitrogen and oxygen atoms in total. The van der Waals surface area contributed by atoms with Gasteiger partial charge in [0, 0.05) is 34.9 Å². The number of alkyl halides is 1. The average molecular weight is 703 g/mol. The van der Waals surface area contributed by atoms with E-state index < -0.39 is 28.7 Å². The van der Waals surface area contributed by atoms with Crippen LogP contribution in [0.2, 0.25) is 0 Å². The van der Waals surface area contributed by atoms with Crippen molar-refractivity contribution in [1.82, 2.24) is 9.80 Å². The first kappa shape index (κ1) is 34.0. The van der Waals surface area contributed by atoms with E-state index in [0.29, 0.717) is 25.3 Å². The van der Waals surface area contributed by atoms with Gasteiger partial charge in [-0.2, -0.15) is 0 Å². The molecule has 1 aliphatic carbocycles. The van der Waals surface area contributed by atoms with Gasteiger partial charge in [0.25, 0.3) is 0 Å². The topological polar surface area (TPSA) is 90.4 Å². The zero-order chi connectivity index (χ0) is 32.5. The minimum Gasteiger partial charge on any atom is -0.494 e. The molecule has 3 amide bonds. The minimum absolute atomic E-state index is 0.0455. The van der Waals surface area contributed by atoms with Gasteiger partial charge in [-0.1, -0.05) is 61.2 Å². The molecule has 7 atom stereocenters. The quantitative estimate of drug-likeness (QED) is 0.218. The van der Waals surface area contributed by atoms with Crippen LogP contribution in [0.3, 0.4) is 0 Å². The number of aliphatic hydroxyl groups excluding tert-OH is 1. The summed E-state index contributed by atoms with van der Waals surface area (Å²) in [7, 11) is 0. The monoisotopic (exact) mass is 701 g/mol. The smallest absolute Gasteiger partial charge is 0.247 e. The molecule has 3 heterocycles.